The minimum absolute atomic E-state index is 0.628. The summed E-state index contributed by atoms with van der Waals surface area (Å²) >= 11 is 0. The highest BCUT2D eigenvalue weighted by Gasteiger charge is 2.08. The molecule has 0 aliphatic rings. The topological polar surface area (TPSA) is 34.9 Å². The summed E-state index contributed by atoms with van der Waals surface area (Å²) in [6.45, 7) is 7.12. The second-order valence-corrected chi connectivity index (χ2v) is 5.18. The molecule has 2 aromatic rings. The van der Waals surface area contributed by atoms with Crippen LogP contribution in [-0.4, -0.2) is 16.1 Å². The molecule has 1 aromatic heterocycles. The molecular weight excluding hydrogens is 236 g/mol. The van der Waals surface area contributed by atoms with Gasteiger partial charge in [0.05, 0.1) is 5.69 Å². The SMILES string of the molecule is CCn1nc(-c2ccc(CC(C)C)cc2)cc1C=O. The number of aromatic nitrogens is 2. The first-order valence-electron chi connectivity index (χ1n) is 6.76. The van der Waals surface area contributed by atoms with Gasteiger partial charge in [-0.05, 0) is 30.9 Å². The van der Waals surface area contributed by atoms with E-state index in [9.17, 15) is 4.79 Å². The minimum Gasteiger partial charge on any atom is -0.296 e. The molecule has 0 unspecified atom stereocenters. The van der Waals surface area contributed by atoms with Gasteiger partial charge in [0.15, 0.2) is 6.29 Å². The maximum Gasteiger partial charge on any atom is 0.168 e. The summed E-state index contributed by atoms with van der Waals surface area (Å²) in [4.78, 5) is 10.9. The summed E-state index contributed by atoms with van der Waals surface area (Å²) in [5.74, 6) is 0.659. The Labute approximate surface area is 114 Å². The van der Waals surface area contributed by atoms with E-state index in [0.29, 0.717) is 18.2 Å². The molecule has 0 fully saturated rings. The smallest absolute Gasteiger partial charge is 0.168 e. The van der Waals surface area contributed by atoms with Crippen LogP contribution in [0.2, 0.25) is 0 Å². The van der Waals surface area contributed by atoms with Crippen molar-refractivity contribution < 1.29 is 4.79 Å². The van der Waals surface area contributed by atoms with Gasteiger partial charge in [-0.1, -0.05) is 38.1 Å². The third-order valence-electron chi connectivity index (χ3n) is 3.13. The number of hydrogen-bond acceptors (Lipinski definition) is 2. The summed E-state index contributed by atoms with van der Waals surface area (Å²) in [6.07, 6.45) is 1.94. The number of aryl methyl sites for hydroxylation is 1. The molecule has 0 spiro atoms. The molecule has 0 saturated carbocycles. The maximum atomic E-state index is 10.9. The molecule has 1 heterocycles. The zero-order chi connectivity index (χ0) is 13.8. The number of aldehydes is 1. The Bertz CT molecular complexity index is 553. The molecule has 0 amide bonds. The average Bonchev–Trinajstić information content (AvgIpc) is 2.82. The summed E-state index contributed by atoms with van der Waals surface area (Å²) in [5.41, 5.74) is 3.89. The Morgan fingerprint density at radius 2 is 1.95 bits per heavy atom. The molecule has 0 bridgehead atoms. The van der Waals surface area contributed by atoms with Crippen LogP contribution in [0.15, 0.2) is 30.3 Å². The molecule has 3 nitrogen and oxygen atoms in total. The van der Waals surface area contributed by atoms with Gasteiger partial charge < -0.3 is 0 Å². The van der Waals surface area contributed by atoms with Crippen molar-refractivity contribution in [2.24, 2.45) is 5.92 Å². The van der Waals surface area contributed by atoms with Gasteiger partial charge in [-0.3, -0.25) is 9.48 Å². The number of benzene rings is 1. The normalized spacial score (nSPS) is 10.9. The largest absolute Gasteiger partial charge is 0.296 e. The summed E-state index contributed by atoms with van der Waals surface area (Å²) in [5, 5.41) is 4.45. The van der Waals surface area contributed by atoms with Crippen LogP contribution in [0.25, 0.3) is 11.3 Å². The van der Waals surface area contributed by atoms with Crippen LogP contribution in [0.4, 0.5) is 0 Å². The second-order valence-electron chi connectivity index (χ2n) is 5.18. The van der Waals surface area contributed by atoms with Crippen LogP contribution in [-0.2, 0) is 13.0 Å². The Hall–Kier alpha value is -1.90. The van der Waals surface area contributed by atoms with Crippen molar-refractivity contribution in [1.29, 1.82) is 0 Å². The van der Waals surface area contributed by atoms with E-state index in [1.807, 2.05) is 13.0 Å². The van der Waals surface area contributed by atoms with Crippen molar-refractivity contribution in [2.45, 2.75) is 33.7 Å². The first kappa shape index (κ1) is 13.5. The first-order valence-corrected chi connectivity index (χ1v) is 6.76. The standard InChI is InChI=1S/C16H20N2O/c1-4-18-15(11-19)10-16(17-18)14-7-5-13(6-8-14)9-12(2)3/h5-8,10-12H,4,9H2,1-3H3. The van der Waals surface area contributed by atoms with Crippen molar-refractivity contribution >= 4 is 6.29 Å². The highest BCUT2D eigenvalue weighted by atomic mass is 16.1. The molecule has 0 aliphatic heterocycles. The van der Waals surface area contributed by atoms with Crippen LogP contribution >= 0.6 is 0 Å². The van der Waals surface area contributed by atoms with Crippen LogP contribution in [0.3, 0.4) is 0 Å². The van der Waals surface area contributed by atoms with Gasteiger partial charge in [-0.15, -0.1) is 0 Å². The fourth-order valence-corrected chi connectivity index (χ4v) is 2.20. The van der Waals surface area contributed by atoms with Gasteiger partial charge in [0.1, 0.15) is 5.69 Å². The van der Waals surface area contributed by atoms with Crippen LogP contribution in [0, 0.1) is 5.92 Å². The lowest BCUT2D eigenvalue weighted by Gasteiger charge is -2.05. The second kappa shape index (κ2) is 5.83. The monoisotopic (exact) mass is 256 g/mol. The van der Waals surface area contributed by atoms with Gasteiger partial charge in [-0.25, -0.2) is 0 Å². The Morgan fingerprint density at radius 1 is 1.26 bits per heavy atom. The quantitative estimate of drug-likeness (QED) is 0.766. The number of carbonyl (C=O) groups is 1. The third-order valence-corrected chi connectivity index (χ3v) is 3.13. The van der Waals surface area contributed by atoms with Gasteiger partial charge in [0.2, 0.25) is 0 Å². The predicted octanol–water partition coefficient (Wildman–Crippen LogP) is 3.58. The lowest BCUT2D eigenvalue weighted by atomic mass is 10.0. The van der Waals surface area contributed by atoms with E-state index in [1.54, 1.807) is 4.68 Å². The molecule has 2 rings (SSSR count). The van der Waals surface area contributed by atoms with E-state index in [-0.39, 0.29) is 0 Å². The first-order chi connectivity index (χ1) is 9.13. The van der Waals surface area contributed by atoms with Crippen LogP contribution in [0.5, 0.6) is 0 Å². The highest BCUT2D eigenvalue weighted by Crippen LogP contribution is 2.20. The molecule has 100 valence electrons. The Balaban J connectivity index is 2.26. The van der Waals surface area contributed by atoms with Crippen molar-refractivity contribution in [2.75, 3.05) is 0 Å². The highest BCUT2D eigenvalue weighted by molar-refractivity contribution is 5.75. The average molecular weight is 256 g/mol. The zero-order valence-corrected chi connectivity index (χ0v) is 11.8. The lowest BCUT2D eigenvalue weighted by molar-refractivity contribution is 0.111. The molecular formula is C16H20N2O. The number of carbonyl (C=O) groups excluding carboxylic acids is 1. The summed E-state index contributed by atoms with van der Waals surface area (Å²) in [7, 11) is 0. The number of nitrogens with zero attached hydrogens (tertiary/aromatic N) is 2. The van der Waals surface area contributed by atoms with Crippen molar-refractivity contribution in [3.63, 3.8) is 0 Å². The molecule has 0 saturated heterocycles. The predicted molar refractivity (Wildman–Crippen MR) is 77.3 cm³/mol. The van der Waals surface area contributed by atoms with Crippen molar-refractivity contribution in [3.05, 3.63) is 41.6 Å². The fraction of sp³-hybridized carbons (Fsp3) is 0.375. The van der Waals surface area contributed by atoms with E-state index in [1.165, 1.54) is 5.56 Å². The van der Waals surface area contributed by atoms with Crippen LogP contribution in [0.1, 0.15) is 36.8 Å². The van der Waals surface area contributed by atoms with Crippen molar-refractivity contribution in [1.82, 2.24) is 9.78 Å². The molecule has 0 N–H and O–H groups in total. The van der Waals surface area contributed by atoms with Crippen molar-refractivity contribution in [3.8, 4) is 11.3 Å². The Kier molecular flexibility index (Phi) is 4.15. The van der Waals surface area contributed by atoms with E-state index in [0.717, 1.165) is 24.0 Å². The fourth-order valence-electron chi connectivity index (χ4n) is 2.20. The minimum atomic E-state index is 0.628. The van der Waals surface area contributed by atoms with Crippen LogP contribution < -0.4 is 0 Å². The molecule has 3 heteroatoms. The summed E-state index contributed by atoms with van der Waals surface area (Å²) < 4.78 is 1.73. The molecule has 19 heavy (non-hydrogen) atoms. The zero-order valence-electron chi connectivity index (χ0n) is 11.8. The number of rotatable bonds is 5. The summed E-state index contributed by atoms with van der Waals surface area (Å²) in [6, 6.07) is 10.3. The maximum absolute atomic E-state index is 10.9. The van der Waals surface area contributed by atoms with E-state index < -0.39 is 0 Å². The third kappa shape index (κ3) is 3.11. The van der Waals surface area contributed by atoms with Gasteiger partial charge in [0.25, 0.3) is 0 Å². The molecule has 1 aromatic carbocycles. The van der Waals surface area contributed by atoms with E-state index >= 15 is 0 Å². The van der Waals surface area contributed by atoms with Gasteiger partial charge >= 0.3 is 0 Å². The molecule has 0 aliphatic carbocycles. The van der Waals surface area contributed by atoms with Gasteiger partial charge in [-0.2, -0.15) is 5.10 Å². The lowest BCUT2D eigenvalue weighted by Crippen LogP contribution is -2.01. The Morgan fingerprint density at radius 3 is 2.42 bits per heavy atom. The van der Waals surface area contributed by atoms with E-state index in [4.69, 9.17) is 0 Å². The van der Waals surface area contributed by atoms with E-state index in [2.05, 4.69) is 43.2 Å². The molecule has 0 radical (unpaired) electrons. The van der Waals surface area contributed by atoms with Gasteiger partial charge in [0, 0.05) is 12.1 Å². The number of hydrogen-bond donors (Lipinski definition) is 0. The molecule has 0 atom stereocenters.